The topological polar surface area (TPSA) is 193 Å². The van der Waals surface area contributed by atoms with Crippen LogP contribution >= 0.6 is 24.0 Å². The Kier molecular flexibility index (Phi) is 10.3. The van der Waals surface area contributed by atoms with Gasteiger partial charge in [-0.05, 0) is 55.7 Å². The van der Waals surface area contributed by atoms with E-state index in [9.17, 15) is 19.8 Å². The number of Topliss-reactive ketones (excluding diaryl/α,β-unsaturated/α-hetero) is 1. The highest BCUT2D eigenvalue weighted by Gasteiger charge is 2.35. The van der Waals surface area contributed by atoms with Crippen molar-refractivity contribution >= 4 is 59.0 Å². The Bertz CT molecular complexity index is 1390. The summed E-state index contributed by atoms with van der Waals surface area (Å²) in [4.78, 5) is 40.8. The first-order valence-electron chi connectivity index (χ1n) is 13.5. The summed E-state index contributed by atoms with van der Waals surface area (Å²) in [5.41, 5.74) is 13.8. The van der Waals surface area contributed by atoms with E-state index < -0.39 is 18.1 Å². The zero-order chi connectivity index (χ0) is 29.1. The summed E-state index contributed by atoms with van der Waals surface area (Å²) in [6.07, 6.45) is -0.644. The molecule has 2 aliphatic rings. The standard InChI is InChI=1S/C28H33ClN8O4.ClH/c29-20-3-1-2-4-21(20)33-25(41)12-22(38)15-5-7-19(8-6-15)32-27-34-26(16-9-23(39)24(40)10-16)35-28(36-27)37-13-17(30)11-18(31)14-37;/h1-8,16-18,23-24,39-40H,9-14,30-31H2,(H,33,41)(H,32,34,35,36);1H/t16?,17-,18+,23-,24+;. The molecule has 1 aliphatic carbocycles. The molecule has 1 saturated heterocycles. The molecule has 0 spiro atoms. The van der Waals surface area contributed by atoms with Crippen molar-refractivity contribution in [3.05, 3.63) is 64.9 Å². The van der Waals surface area contributed by atoms with Crippen molar-refractivity contribution in [1.29, 1.82) is 0 Å². The molecule has 1 aliphatic heterocycles. The molecule has 224 valence electrons. The van der Waals surface area contributed by atoms with E-state index in [-0.39, 0.29) is 48.6 Å². The van der Waals surface area contributed by atoms with Crippen LogP contribution in [0.3, 0.4) is 0 Å². The lowest BCUT2D eigenvalue weighted by Gasteiger charge is -2.34. The van der Waals surface area contributed by atoms with Gasteiger partial charge in [0.2, 0.25) is 17.8 Å². The molecular formula is C28H34Cl2N8O4. The molecule has 1 saturated carbocycles. The summed E-state index contributed by atoms with van der Waals surface area (Å²) in [5, 5.41) is 26.4. The highest BCUT2D eigenvalue weighted by atomic mass is 35.5. The number of hydrogen-bond acceptors (Lipinski definition) is 11. The van der Waals surface area contributed by atoms with Gasteiger partial charge in [0.15, 0.2) is 5.78 Å². The van der Waals surface area contributed by atoms with Gasteiger partial charge in [0.1, 0.15) is 5.82 Å². The number of piperidine rings is 1. The number of rotatable bonds is 8. The van der Waals surface area contributed by atoms with Crippen LogP contribution in [0.2, 0.25) is 5.02 Å². The van der Waals surface area contributed by atoms with Crippen LogP contribution in [0.25, 0.3) is 0 Å². The van der Waals surface area contributed by atoms with E-state index in [0.29, 0.717) is 66.1 Å². The molecular weight excluding hydrogens is 583 g/mol. The molecule has 2 fully saturated rings. The molecule has 42 heavy (non-hydrogen) atoms. The van der Waals surface area contributed by atoms with Crippen LogP contribution < -0.4 is 27.0 Å². The predicted octanol–water partition coefficient (Wildman–Crippen LogP) is 2.37. The highest BCUT2D eigenvalue weighted by molar-refractivity contribution is 6.33. The van der Waals surface area contributed by atoms with E-state index in [1.165, 1.54) is 0 Å². The second kappa shape index (κ2) is 13.7. The van der Waals surface area contributed by atoms with Crippen molar-refractivity contribution < 1.29 is 19.8 Å². The molecule has 0 bridgehead atoms. The Morgan fingerprint density at radius 3 is 2.21 bits per heavy atom. The second-order valence-corrected chi connectivity index (χ2v) is 11.0. The number of nitrogens with two attached hydrogens (primary N) is 2. The fourth-order valence-electron chi connectivity index (χ4n) is 5.18. The molecule has 0 radical (unpaired) electrons. The number of aromatic nitrogens is 3. The van der Waals surface area contributed by atoms with Crippen LogP contribution in [0, 0.1) is 0 Å². The smallest absolute Gasteiger partial charge is 0.232 e. The largest absolute Gasteiger partial charge is 0.390 e. The summed E-state index contributed by atoms with van der Waals surface area (Å²) in [7, 11) is 0. The Balaban J connectivity index is 0.00000405. The summed E-state index contributed by atoms with van der Waals surface area (Å²) in [5.74, 6) is 0.0856. The van der Waals surface area contributed by atoms with Gasteiger partial charge in [-0.15, -0.1) is 12.4 Å². The maximum atomic E-state index is 12.7. The maximum absolute atomic E-state index is 12.7. The van der Waals surface area contributed by atoms with Crippen molar-refractivity contribution in [3.63, 3.8) is 0 Å². The van der Waals surface area contributed by atoms with E-state index in [2.05, 4.69) is 25.6 Å². The van der Waals surface area contributed by atoms with Gasteiger partial charge in [-0.25, -0.2) is 0 Å². The molecule has 1 amide bonds. The van der Waals surface area contributed by atoms with Gasteiger partial charge >= 0.3 is 0 Å². The number of hydrogen-bond donors (Lipinski definition) is 6. The maximum Gasteiger partial charge on any atom is 0.232 e. The number of halogens is 2. The molecule has 14 heteroatoms. The fraction of sp³-hybridized carbons (Fsp3) is 0.393. The first kappa shape index (κ1) is 31.5. The van der Waals surface area contributed by atoms with Crippen LogP contribution in [0.5, 0.6) is 0 Å². The van der Waals surface area contributed by atoms with E-state index in [0.717, 1.165) is 0 Å². The number of aliphatic hydroxyl groups is 2. The minimum atomic E-state index is -0.842. The van der Waals surface area contributed by atoms with Crippen molar-refractivity contribution in [2.45, 2.75) is 55.9 Å². The second-order valence-electron chi connectivity index (χ2n) is 10.6. The zero-order valence-corrected chi connectivity index (χ0v) is 24.3. The van der Waals surface area contributed by atoms with Crippen molar-refractivity contribution in [2.75, 3.05) is 28.6 Å². The number of nitrogens with one attached hydrogen (secondary N) is 2. The number of ketones is 1. The minimum Gasteiger partial charge on any atom is -0.390 e. The van der Waals surface area contributed by atoms with Crippen molar-refractivity contribution in [2.24, 2.45) is 11.5 Å². The third kappa shape index (κ3) is 7.71. The van der Waals surface area contributed by atoms with Gasteiger partial charge in [-0.2, -0.15) is 15.0 Å². The van der Waals surface area contributed by atoms with Crippen LogP contribution in [0.4, 0.5) is 23.3 Å². The number of aliphatic hydroxyl groups excluding tert-OH is 2. The summed E-state index contributed by atoms with van der Waals surface area (Å²) in [6.45, 7) is 1.07. The molecule has 1 unspecified atom stereocenters. The van der Waals surface area contributed by atoms with Gasteiger partial charge in [0, 0.05) is 42.3 Å². The number of anilines is 4. The fourth-order valence-corrected chi connectivity index (χ4v) is 5.36. The van der Waals surface area contributed by atoms with Crippen LogP contribution in [-0.2, 0) is 4.79 Å². The van der Waals surface area contributed by atoms with E-state index in [1.54, 1.807) is 48.5 Å². The van der Waals surface area contributed by atoms with Crippen molar-refractivity contribution in [3.8, 4) is 0 Å². The third-order valence-electron chi connectivity index (χ3n) is 7.23. The summed E-state index contributed by atoms with van der Waals surface area (Å²) >= 11 is 6.07. The number of para-hydroxylation sites is 1. The highest BCUT2D eigenvalue weighted by Crippen LogP contribution is 2.34. The molecule has 8 N–H and O–H groups in total. The molecule has 12 nitrogen and oxygen atoms in total. The number of carbonyl (C=O) groups is 2. The first-order valence-corrected chi connectivity index (χ1v) is 13.8. The van der Waals surface area contributed by atoms with E-state index in [1.807, 2.05) is 4.90 Å². The lowest BCUT2D eigenvalue weighted by molar-refractivity contribution is -0.115. The Morgan fingerprint density at radius 2 is 1.57 bits per heavy atom. The molecule has 2 aromatic carbocycles. The van der Waals surface area contributed by atoms with E-state index >= 15 is 0 Å². The summed E-state index contributed by atoms with van der Waals surface area (Å²) in [6, 6.07) is 13.2. The zero-order valence-electron chi connectivity index (χ0n) is 22.7. The van der Waals surface area contributed by atoms with Crippen LogP contribution in [0.15, 0.2) is 48.5 Å². The number of carbonyl (C=O) groups excluding carboxylic acids is 2. The third-order valence-corrected chi connectivity index (χ3v) is 7.56. The Hall–Kier alpha value is -3.39. The number of nitrogens with zero attached hydrogens (tertiary/aromatic N) is 4. The molecule has 5 rings (SSSR count). The predicted molar refractivity (Wildman–Crippen MR) is 163 cm³/mol. The average molecular weight is 618 g/mol. The van der Waals surface area contributed by atoms with Crippen molar-refractivity contribution in [1.82, 2.24) is 15.0 Å². The van der Waals surface area contributed by atoms with Gasteiger partial charge in [-0.1, -0.05) is 23.7 Å². The van der Waals surface area contributed by atoms with Gasteiger partial charge in [0.05, 0.1) is 29.3 Å². The number of amides is 1. The lowest BCUT2D eigenvalue weighted by Crippen LogP contribution is -2.53. The molecule has 5 atom stereocenters. The SMILES string of the molecule is Cl.N[C@@H]1C[C@H](N)CN(c2nc(Nc3ccc(C(=O)CC(=O)Nc4ccccc4Cl)cc3)nc(C3C[C@@H](O)[C@@H](O)C3)n2)C1. The van der Waals surface area contributed by atoms with Gasteiger partial charge in [-0.3, -0.25) is 9.59 Å². The minimum absolute atomic E-state index is 0. The average Bonchev–Trinajstić information content (AvgIpc) is 3.27. The van der Waals surface area contributed by atoms with Gasteiger partial charge < -0.3 is 37.2 Å². The molecule has 3 aromatic rings. The Morgan fingerprint density at radius 1 is 0.929 bits per heavy atom. The first-order chi connectivity index (χ1) is 19.6. The van der Waals surface area contributed by atoms with Crippen LogP contribution in [-0.4, -0.2) is 74.2 Å². The van der Waals surface area contributed by atoms with Gasteiger partial charge in [0.25, 0.3) is 0 Å². The molecule has 2 heterocycles. The van der Waals surface area contributed by atoms with E-state index in [4.69, 9.17) is 23.1 Å². The Labute approximate surface area is 254 Å². The monoisotopic (exact) mass is 616 g/mol. The molecule has 1 aromatic heterocycles. The normalized spacial score (nSPS) is 23.6. The van der Waals surface area contributed by atoms with Crippen LogP contribution in [0.1, 0.15) is 47.8 Å². The number of benzene rings is 2. The lowest BCUT2D eigenvalue weighted by atomic mass is 10.0. The summed E-state index contributed by atoms with van der Waals surface area (Å²) < 4.78 is 0. The quantitative estimate of drug-likeness (QED) is 0.161.